The van der Waals surface area contributed by atoms with Gasteiger partial charge in [0.05, 0.1) is 25.2 Å². The molecule has 44 heavy (non-hydrogen) atoms. The van der Waals surface area contributed by atoms with Crippen molar-refractivity contribution in [2.45, 2.75) is 44.8 Å². The molecular weight excluding hydrogens is 571 g/mol. The highest BCUT2D eigenvalue weighted by Gasteiger charge is 2.51. The van der Waals surface area contributed by atoms with Gasteiger partial charge in [0.2, 0.25) is 11.8 Å². The largest absolute Gasteiger partial charge is 0.416 e. The number of alkyl halides is 3. The number of benzene rings is 3. The summed E-state index contributed by atoms with van der Waals surface area (Å²) in [5.41, 5.74) is 2.13. The fraction of sp³-hybridized carbons (Fsp3) is 0.303. The van der Waals surface area contributed by atoms with Crippen LogP contribution in [0.25, 0.3) is 0 Å². The quantitative estimate of drug-likeness (QED) is 0.411. The van der Waals surface area contributed by atoms with Crippen LogP contribution < -0.4 is 5.32 Å². The monoisotopic (exact) mass is 603 g/mol. The van der Waals surface area contributed by atoms with Crippen molar-refractivity contribution < 1.29 is 27.6 Å². The zero-order chi connectivity index (χ0) is 31.4. The highest BCUT2D eigenvalue weighted by molar-refractivity contribution is 5.91. The summed E-state index contributed by atoms with van der Waals surface area (Å²) < 4.78 is 40.4. The third-order valence-electron chi connectivity index (χ3n) is 7.78. The van der Waals surface area contributed by atoms with E-state index in [1.165, 1.54) is 32.0 Å². The first-order valence-electron chi connectivity index (χ1n) is 14.2. The number of urea groups is 1. The summed E-state index contributed by atoms with van der Waals surface area (Å²) in [5, 5.41) is 5.72. The number of hydrogen-bond acceptors (Lipinski definition) is 4. The Kier molecular flexibility index (Phi) is 8.92. The van der Waals surface area contributed by atoms with Crippen molar-refractivity contribution >= 4 is 17.8 Å². The number of rotatable bonds is 7. The van der Waals surface area contributed by atoms with Crippen LogP contribution in [0.1, 0.15) is 27.8 Å². The molecule has 0 radical (unpaired) electrons. The Balaban J connectivity index is 1.50. The van der Waals surface area contributed by atoms with Crippen LogP contribution in [0.4, 0.5) is 18.0 Å². The molecule has 228 valence electrons. The van der Waals surface area contributed by atoms with Crippen LogP contribution in [-0.4, -0.2) is 69.5 Å². The summed E-state index contributed by atoms with van der Waals surface area (Å²) in [6.07, 6.45) is 0.278. The minimum Gasteiger partial charge on any atom is -0.333 e. The molecule has 0 spiro atoms. The SMILES string of the molecule is C#CCN1CC(=O)N2[C@@H](Cc3ccc(C)cc3)C(=O)N(Cc3cccc(C(F)(F)F)c3)C[C@@H]2N1C(=O)NCc1ccccc1. The van der Waals surface area contributed by atoms with Crippen LogP contribution in [0.15, 0.2) is 78.9 Å². The number of carbonyl (C=O) groups is 3. The summed E-state index contributed by atoms with van der Waals surface area (Å²) >= 11 is 0. The first kappa shape index (κ1) is 30.6. The maximum Gasteiger partial charge on any atom is 0.416 e. The maximum atomic E-state index is 14.0. The Hall–Kier alpha value is -4.82. The number of halogens is 3. The van der Waals surface area contributed by atoms with Gasteiger partial charge >= 0.3 is 12.2 Å². The molecule has 2 heterocycles. The van der Waals surface area contributed by atoms with E-state index < -0.39 is 35.9 Å². The molecule has 1 N–H and O–H groups in total. The molecule has 0 saturated carbocycles. The number of hydrazine groups is 1. The van der Waals surface area contributed by atoms with Gasteiger partial charge in [-0.25, -0.2) is 9.80 Å². The van der Waals surface area contributed by atoms with Gasteiger partial charge < -0.3 is 15.1 Å². The van der Waals surface area contributed by atoms with Crippen LogP contribution in [0.3, 0.4) is 0 Å². The Labute approximate surface area is 254 Å². The van der Waals surface area contributed by atoms with Gasteiger partial charge in [-0.15, -0.1) is 6.42 Å². The fourth-order valence-corrected chi connectivity index (χ4v) is 5.65. The molecular formula is C33H32F3N5O3. The summed E-state index contributed by atoms with van der Waals surface area (Å²) in [4.78, 5) is 44.3. The van der Waals surface area contributed by atoms with E-state index in [0.29, 0.717) is 0 Å². The first-order chi connectivity index (χ1) is 21.0. The second-order valence-corrected chi connectivity index (χ2v) is 10.9. The Morgan fingerprint density at radius 3 is 2.36 bits per heavy atom. The molecule has 8 nitrogen and oxygen atoms in total. The van der Waals surface area contributed by atoms with Crippen molar-refractivity contribution in [1.29, 1.82) is 0 Å². The van der Waals surface area contributed by atoms with Gasteiger partial charge in [-0.2, -0.15) is 18.2 Å². The third-order valence-corrected chi connectivity index (χ3v) is 7.78. The normalized spacial score (nSPS) is 19.0. The van der Waals surface area contributed by atoms with Crippen molar-refractivity contribution in [3.05, 3.63) is 107 Å². The summed E-state index contributed by atoms with van der Waals surface area (Å²) in [6, 6.07) is 20.1. The maximum absolute atomic E-state index is 14.0. The molecule has 0 aliphatic carbocycles. The highest BCUT2D eigenvalue weighted by atomic mass is 19.4. The fourth-order valence-electron chi connectivity index (χ4n) is 5.65. The van der Waals surface area contributed by atoms with E-state index in [0.717, 1.165) is 28.8 Å². The zero-order valence-electron chi connectivity index (χ0n) is 24.1. The van der Waals surface area contributed by atoms with E-state index in [-0.39, 0.29) is 50.6 Å². The van der Waals surface area contributed by atoms with Crippen molar-refractivity contribution in [3.63, 3.8) is 0 Å². The van der Waals surface area contributed by atoms with E-state index in [4.69, 9.17) is 6.42 Å². The van der Waals surface area contributed by atoms with E-state index in [9.17, 15) is 27.6 Å². The lowest BCUT2D eigenvalue weighted by Gasteiger charge is -2.55. The van der Waals surface area contributed by atoms with Gasteiger partial charge in [0.25, 0.3) is 0 Å². The van der Waals surface area contributed by atoms with Crippen LogP contribution in [0.2, 0.25) is 0 Å². The van der Waals surface area contributed by atoms with Crippen LogP contribution >= 0.6 is 0 Å². The molecule has 0 unspecified atom stereocenters. The molecule has 2 atom stereocenters. The van der Waals surface area contributed by atoms with E-state index in [1.54, 1.807) is 0 Å². The minimum absolute atomic E-state index is 0.0426. The molecule has 2 aliphatic rings. The van der Waals surface area contributed by atoms with Gasteiger partial charge in [-0.05, 0) is 35.7 Å². The number of amides is 4. The molecule has 4 amide bonds. The molecule has 3 aromatic rings. The molecule has 2 aliphatic heterocycles. The third kappa shape index (κ3) is 6.71. The van der Waals surface area contributed by atoms with Crippen molar-refractivity contribution in [1.82, 2.24) is 25.1 Å². The molecule has 2 fully saturated rings. The van der Waals surface area contributed by atoms with Gasteiger partial charge in [0, 0.05) is 19.5 Å². The van der Waals surface area contributed by atoms with Gasteiger partial charge in [-0.3, -0.25) is 9.59 Å². The lowest BCUT2D eigenvalue weighted by Crippen LogP contribution is -2.76. The van der Waals surface area contributed by atoms with E-state index in [1.807, 2.05) is 61.5 Å². The number of carbonyl (C=O) groups excluding carboxylic acids is 3. The highest BCUT2D eigenvalue weighted by Crippen LogP contribution is 2.32. The molecule has 0 aromatic heterocycles. The second-order valence-electron chi connectivity index (χ2n) is 10.9. The minimum atomic E-state index is -4.55. The molecule has 0 bridgehead atoms. The number of fused-ring (bicyclic) bond motifs is 1. The number of hydrogen-bond donors (Lipinski definition) is 1. The van der Waals surface area contributed by atoms with Crippen LogP contribution in [-0.2, 0) is 35.3 Å². The Bertz CT molecular complexity index is 1560. The van der Waals surface area contributed by atoms with Crippen molar-refractivity contribution in [2.24, 2.45) is 0 Å². The lowest BCUT2D eigenvalue weighted by molar-refractivity contribution is -0.189. The standard InChI is InChI=1S/C33H32F3N5O3/c1-3-16-39-22-30(42)40-28(18-24-14-12-23(2)13-15-24)31(43)38(20-26-10-7-11-27(17-26)33(34,35)36)21-29(40)41(39)32(44)37-19-25-8-5-4-6-9-25/h1,4-15,17,28-29H,16,18-22H2,2H3,(H,37,44)/t28-,29-/m0/s1. The molecule has 3 aromatic carbocycles. The van der Waals surface area contributed by atoms with Gasteiger partial charge in [0.15, 0.2) is 0 Å². The Morgan fingerprint density at radius 1 is 0.977 bits per heavy atom. The zero-order valence-corrected chi connectivity index (χ0v) is 24.1. The topological polar surface area (TPSA) is 76.2 Å². The molecule has 2 saturated heterocycles. The summed E-state index contributed by atoms with van der Waals surface area (Å²) in [7, 11) is 0. The van der Waals surface area contributed by atoms with Crippen molar-refractivity contribution in [3.8, 4) is 12.3 Å². The number of terminal acetylenes is 1. The van der Waals surface area contributed by atoms with Crippen LogP contribution in [0, 0.1) is 19.3 Å². The Morgan fingerprint density at radius 2 is 1.68 bits per heavy atom. The predicted molar refractivity (Wildman–Crippen MR) is 157 cm³/mol. The summed E-state index contributed by atoms with van der Waals surface area (Å²) in [5.74, 6) is 1.71. The number of nitrogens with zero attached hydrogens (tertiary/aromatic N) is 4. The summed E-state index contributed by atoms with van der Waals surface area (Å²) in [6.45, 7) is 1.62. The first-order valence-corrected chi connectivity index (χ1v) is 14.2. The predicted octanol–water partition coefficient (Wildman–Crippen LogP) is 4.20. The second kappa shape index (κ2) is 12.8. The number of piperazine rings is 1. The average molecular weight is 604 g/mol. The molecule has 5 rings (SSSR count). The van der Waals surface area contributed by atoms with E-state index in [2.05, 4.69) is 11.2 Å². The number of aryl methyl sites for hydroxylation is 1. The van der Waals surface area contributed by atoms with Crippen LogP contribution in [0.5, 0.6) is 0 Å². The van der Waals surface area contributed by atoms with Crippen molar-refractivity contribution in [2.75, 3.05) is 19.6 Å². The lowest BCUT2D eigenvalue weighted by atomic mass is 9.97. The average Bonchev–Trinajstić information content (AvgIpc) is 2.99. The molecule has 11 heteroatoms. The van der Waals surface area contributed by atoms with E-state index >= 15 is 0 Å². The van der Waals surface area contributed by atoms with Gasteiger partial charge in [-0.1, -0.05) is 78.2 Å². The number of nitrogens with one attached hydrogen (secondary N) is 1. The van der Waals surface area contributed by atoms with Gasteiger partial charge in [0.1, 0.15) is 12.2 Å². The smallest absolute Gasteiger partial charge is 0.333 e.